The van der Waals surface area contributed by atoms with Gasteiger partial charge in [0.05, 0.1) is 12.7 Å². The second-order valence-corrected chi connectivity index (χ2v) is 3.73. The van der Waals surface area contributed by atoms with Crippen LogP contribution in [0.3, 0.4) is 0 Å². The number of benzene rings is 1. The maximum Gasteiger partial charge on any atom is 0.167 e. The van der Waals surface area contributed by atoms with Crippen LogP contribution >= 0.6 is 0 Å². The molecule has 1 aromatic rings. The maximum atomic E-state index is 13.6. The van der Waals surface area contributed by atoms with Crippen molar-refractivity contribution in [3.8, 4) is 11.8 Å². The Morgan fingerprint density at radius 2 is 2.24 bits per heavy atom. The normalized spacial score (nSPS) is 9.76. The summed E-state index contributed by atoms with van der Waals surface area (Å²) in [7, 11) is 1.88. The van der Waals surface area contributed by atoms with E-state index in [1.165, 1.54) is 6.07 Å². The van der Waals surface area contributed by atoms with E-state index in [0.29, 0.717) is 13.0 Å². The van der Waals surface area contributed by atoms with E-state index in [9.17, 15) is 4.39 Å². The third kappa shape index (κ3) is 3.95. The Bertz CT molecular complexity index is 401. The molecule has 0 N–H and O–H groups in total. The Morgan fingerprint density at radius 1 is 1.47 bits per heavy atom. The summed E-state index contributed by atoms with van der Waals surface area (Å²) in [6, 6.07) is 7.00. The lowest BCUT2D eigenvalue weighted by Crippen LogP contribution is -2.18. The van der Waals surface area contributed by atoms with Crippen molar-refractivity contribution < 1.29 is 9.13 Å². The molecule has 0 atom stereocenters. The van der Waals surface area contributed by atoms with Crippen molar-refractivity contribution >= 4 is 5.69 Å². The largest absolute Gasteiger partial charge is 0.491 e. The van der Waals surface area contributed by atoms with Gasteiger partial charge in [0.15, 0.2) is 11.6 Å². The Hall–Kier alpha value is -1.76. The smallest absolute Gasteiger partial charge is 0.167 e. The van der Waals surface area contributed by atoms with Crippen molar-refractivity contribution in [2.45, 2.75) is 19.8 Å². The first-order valence-corrected chi connectivity index (χ1v) is 5.69. The fourth-order valence-electron chi connectivity index (χ4n) is 1.52. The summed E-state index contributed by atoms with van der Waals surface area (Å²) in [5, 5.41) is 8.44. The minimum Gasteiger partial charge on any atom is -0.491 e. The number of rotatable bonds is 6. The Labute approximate surface area is 101 Å². The molecule has 1 aromatic carbocycles. The molecule has 0 aromatic heterocycles. The van der Waals surface area contributed by atoms with E-state index >= 15 is 0 Å². The average Bonchev–Trinajstić information content (AvgIpc) is 2.32. The van der Waals surface area contributed by atoms with Crippen LogP contribution in [0.15, 0.2) is 18.2 Å². The van der Waals surface area contributed by atoms with Gasteiger partial charge in [0.25, 0.3) is 0 Å². The molecule has 4 heteroatoms. The lowest BCUT2D eigenvalue weighted by molar-refractivity contribution is 0.321. The molecule has 0 saturated heterocycles. The van der Waals surface area contributed by atoms with E-state index in [1.54, 1.807) is 6.07 Å². The lowest BCUT2D eigenvalue weighted by atomic mass is 10.2. The monoisotopic (exact) mass is 236 g/mol. The van der Waals surface area contributed by atoms with Crippen LogP contribution in [0.2, 0.25) is 0 Å². The minimum absolute atomic E-state index is 0.279. The third-order valence-electron chi connectivity index (χ3n) is 2.44. The standard InChI is InChI=1S/C13H17FN2O/c1-3-17-13-7-6-11(10-12(13)14)16(2)9-5-4-8-15/h6-7,10H,3-5,9H2,1-2H3. The minimum atomic E-state index is -0.350. The second-order valence-electron chi connectivity index (χ2n) is 3.73. The number of nitriles is 1. The lowest BCUT2D eigenvalue weighted by Gasteiger charge is -2.19. The zero-order valence-electron chi connectivity index (χ0n) is 10.2. The van der Waals surface area contributed by atoms with Crippen molar-refractivity contribution in [3.05, 3.63) is 24.0 Å². The molecule has 0 radical (unpaired) electrons. The summed E-state index contributed by atoms with van der Waals surface area (Å²) in [5.41, 5.74) is 0.795. The molecular weight excluding hydrogens is 219 g/mol. The van der Waals surface area contributed by atoms with Gasteiger partial charge in [-0.25, -0.2) is 4.39 Å². The summed E-state index contributed by atoms with van der Waals surface area (Å²) in [6.07, 6.45) is 1.30. The first kappa shape index (κ1) is 13.3. The molecular formula is C13H17FN2O. The van der Waals surface area contributed by atoms with Crippen molar-refractivity contribution in [2.75, 3.05) is 25.1 Å². The highest BCUT2D eigenvalue weighted by molar-refractivity contribution is 5.49. The zero-order chi connectivity index (χ0) is 12.7. The van der Waals surface area contributed by atoms with E-state index in [1.807, 2.05) is 24.9 Å². The molecule has 1 rings (SSSR count). The summed E-state index contributed by atoms with van der Waals surface area (Å²) in [4.78, 5) is 1.93. The molecule has 3 nitrogen and oxygen atoms in total. The molecule has 0 heterocycles. The number of hydrogen-bond donors (Lipinski definition) is 0. The zero-order valence-corrected chi connectivity index (χ0v) is 10.2. The molecule has 17 heavy (non-hydrogen) atoms. The van der Waals surface area contributed by atoms with Gasteiger partial charge >= 0.3 is 0 Å². The SMILES string of the molecule is CCOc1ccc(N(C)CCCC#N)cc1F. The van der Waals surface area contributed by atoms with Crippen LogP contribution in [0.4, 0.5) is 10.1 Å². The van der Waals surface area contributed by atoms with E-state index in [-0.39, 0.29) is 11.6 Å². The predicted molar refractivity (Wildman–Crippen MR) is 65.7 cm³/mol. The molecule has 0 fully saturated rings. The highest BCUT2D eigenvalue weighted by Crippen LogP contribution is 2.23. The summed E-state index contributed by atoms with van der Waals surface area (Å²) in [6.45, 7) is 3.01. The molecule has 0 aliphatic heterocycles. The Balaban J connectivity index is 2.65. The van der Waals surface area contributed by atoms with Gasteiger partial charge in [0, 0.05) is 31.8 Å². The number of ether oxygens (including phenoxy) is 1. The summed E-state index contributed by atoms with van der Waals surface area (Å²) in [5.74, 6) is -0.0711. The van der Waals surface area contributed by atoms with Gasteiger partial charge in [-0.15, -0.1) is 0 Å². The van der Waals surface area contributed by atoms with Crippen molar-refractivity contribution in [1.82, 2.24) is 0 Å². The first-order valence-electron chi connectivity index (χ1n) is 5.69. The van der Waals surface area contributed by atoms with Gasteiger partial charge in [0.2, 0.25) is 0 Å². The predicted octanol–water partition coefficient (Wildman–Crippen LogP) is 2.96. The average molecular weight is 236 g/mol. The van der Waals surface area contributed by atoms with E-state index in [2.05, 4.69) is 6.07 Å². The fraction of sp³-hybridized carbons (Fsp3) is 0.462. The Kier molecular flexibility index (Phi) is 5.28. The van der Waals surface area contributed by atoms with Gasteiger partial charge < -0.3 is 9.64 Å². The maximum absolute atomic E-state index is 13.6. The molecule has 92 valence electrons. The number of unbranched alkanes of at least 4 members (excludes halogenated alkanes) is 1. The topological polar surface area (TPSA) is 36.3 Å². The van der Waals surface area contributed by atoms with Gasteiger partial charge in [-0.1, -0.05) is 0 Å². The highest BCUT2D eigenvalue weighted by Gasteiger charge is 2.07. The Morgan fingerprint density at radius 3 is 2.82 bits per heavy atom. The number of halogens is 1. The third-order valence-corrected chi connectivity index (χ3v) is 2.44. The number of nitrogens with zero attached hydrogens (tertiary/aromatic N) is 2. The molecule has 0 aliphatic rings. The van der Waals surface area contributed by atoms with Gasteiger partial charge in [-0.2, -0.15) is 5.26 Å². The van der Waals surface area contributed by atoms with Crippen LogP contribution in [-0.4, -0.2) is 20.2 Å². The van der Waals surface area contributed by atoms with Crippen LogP contribution in [-0.2, 0) is 0 Å². The molecule has 0 aliphatic carbocycles. The summed E-state index contributed by atoms with van der Waals surface area (Å²) < 4.78 is 18.7. The number of hydrogen-bond acceptors (Lipinski definition) is 3. The highest BCUT2D eigenvalue weighted by atomic mass is 19.1. The molecule has 0 bridgehead atoms. The molecule has 0 spiro atoms. The van der Waals surface area contributed by atoms with Crippen LogP contribution < -0.4 is 9.64 Å². The quantitative estimate of drug-likeness (QED) is 0.712. The van der Waals surface area contributed by atoms with Crippen LogP contribution in [0.1, 0.15) is 19.8 Å². The van der Waals surface area contributed by atoms with E-state index in [0.717, 1.165) is 18.7 Å². The van der Waals surface area contributed by atoms with Crippen molar-refractivity contribution in [2.24, 2.45) is 0 Å². The molecule has 0 saturated carbocycles. The van der Waals surface area contributed by atoms with Gasteiger partial charge in [0.1, 0.15) is 0 Å². The van der Waals surface area contributed by atoms with Crippen LogP contribution in [0.5, 0.6) is 5.75 Å². The van der Waals surface area contributed by atoms with Crippen LogP contribution in [0, 0.1) is 17.1 Å². The second kappa shape index (κ2) is 6.74. The van der Waals surface area contributed by atoms with Gasteiger partial charge in [-0.3, -0.25) is 0 Å². The fourth-order valence-corrected chi connectivity index (χ4v) is 1.52. The van der Waals surface area contributed by atoms with Crippen molar-refractivity contribution in [1.29, 1.82) is 5.26 Å². The molecule has 0 unspecified atom stereocenters. The first-order chi connectivity index (χ1) is 8.19. The van der Waals surface area contributed by atoms with E-state index in [4.69, 9.17) is 10.00 Å². The van der Waals surface area contributed by atoms with E-state index < -0.39 is 0 Å². The molecule has 0 amide bonds. The van der Waals surface area contributed by atoms with Crippen LogP contribution in [0.25, 0.3) is 0 Å². The van der Waals surface area contributed by atoms with Gasteiger partial charge in [-0.05, 0) is 25.5 Å². The summed E-state index contributed by atoms with van der Waals surface area (Å²) >= 11 is 0. The van der Waals surface area contributed by atoms with Crippen molar-refractivity contribution in [3.63, 3.8) is 0 Å². The number of anilines is 1.